The minimum atomic E-state index is 0.463. The van der Waals surface area contributed by atoms with E-state index in [9.17, 15) is 0 Å². The number of aromatic nitrogens is 2. The molecule has 3 nitrogen and oxygen atoms in total. The average molecular weight is 416 g/mol. The minimum Gasteiger partial charge on any atom is -0.367 e. The smallest absolute Gasteiger partial charge is 0.139 e. The van der Waals surface area contributed by atoms with Crippen LogP contribution in [0.1, 0.15) is 37.7 Å². The Morgan fingerprint density at radius 1 is 0.867 bits per heavy atom. The van der Waals surface area contributed by atoms with Crippen LogP contribution < -0.4 is 5.32 Å². The van der Waals surface area contributed by atoms with Gasteiger partial charge >= 0.3 is 0 Å². The number of anilines is 1. The Morgan fingerprint density at radius 3 is 2.37 bits per heavy atom. The molecule has 1 saturated carbocycles. The van der Waals surface area contributed by atoms with Crippen molar-refractivity contribution in [1.82, 2.24) is 9.38 Å². The van der Waals surface area contributed by atoms with Gasteiger partial charge in [-0.2, -0.15) is 0 Å². The van der Waals surface area contributed by atoms with Gasteiger partial charge < -0.3 is 5.32 Å². The minimum absolute atomic E-state index is 0.463. The lowest BCUT2D eigenvalue weighted by atomic mass is 9.95. The number of nitrogens with one attached hydrogen (secondary N) is 1. The summed E-state index contributed by atoms with van der Waals surface area (Å²) in [6.45, 7) is 2.16. The molecule has 0 spiro atoms. The molecule has 0 atom stereocenters. The summed E-state index contributed by atoms with van der Waals surface area (Å²) in [6.07, 6.45) is 6.28. The molecule has 1 fully saturated rings. The van der Waals surface area contributed by atoms with Crippen LogP contribution in [-0.2, 0) is 0 Å². The number of pyridine rings is 1. The Labute approximate surface area is 182 Å². The third kappa shape index (κ3) is 3.48. The van der Waals surface area contributed by atoms with Gasteiger partial charge in [-0.3, -0.25) is 4.40 Å². The zero-order chi connectivity index (χ0) is 20.5. The molecule has 1 aliphatic carbocycles. The molecule has 30 heavy (non-hydrogen) atoms. The van der Waals surface area contributed by atoms with Gasteiger partial charge in [0.2, 0.25) is 0 Å². The van der Waals surface area contributed by atoms with E-state index < -0.39 is 0 Å². The summed E-state index contributed by atoms with van der Waals surface area (Å²) in [7, 11) is 0. The van der Waals surface area contributed by atoms with Crippen molar-refractivity contribution in [2.75, 3.05) is 5.32 Å². The number of hydrogen-bond acceptors (Lipinski definition) is 2. The SMILES string of the molecule is Cc1ccccc1-c1cccc2nc(-c3ccccc3Cl)c(NC3CCCCC3)n12. The van der Waals surface area contributed by atoms with Crippen molar-refractivity contribution in [2.45, 2.75) is 45.1 Å². The van der Waals surface area contributed by atoms with Crippen molar-refractivity contribution in [1.29, 1.82) is 0 Å². The maximum Gasteiger partial charge on any atom is 0.139 e. The van der Waals surface area contributed by atoms with Crippen LogP contribution in [0.25, 0.3) is 28.2 Å². The van der Waals surface area contributed by atoms with Crippen molar-refractivity contribution in [3.05, 3.63) is 77.3 Å². The largest absolute Gasteiger partial charge is 0.367 e. The van der Waals surface area contributed by atoms with Crippen LogP contribution in [0.4, 0.5) is 5.82 Å². The fourth-order valence-electron chi connectivity index (χ4n) is 4.58. The maximum atomic E-state index is 6.61. The van der Waals surface area contributed by atoms with Crippen LogP contribution in [0, 0.1) is 6.92 Å². The normalized spacial score (nSPS) is 14.9. The second kappa shape index (κ2) is 8.16. The van der Waals surface area contributed by atoms with E-state index in [1.165, 1.54) is 43.2 Å². The second-order valence-electron chi connectivity index (χ2n) is 8.19. The number of nitrogens with zero attached hydrogens (tertiary/aromatic N) is 2. The summed E-state index contributed by atoms with van der Waals surface area (Å²) in [5.74, 6) is 1.05. The Balaban J connectivity index is 1.76. The molecule has 2 aromatic carbocycles. The summed E-state index contributed by atoms with van der Waals surface area (Å²) in [5, 5.41) is 4.60. The number of fused-ring (bicyclic) bond motifs is 1. The molecule has 2 aromatic heterocycles. The molecule has 2 heterocycles. The highest BCUT2D eigenvalue weighted by Gasteiger charge is 2.22. The summed E-state index contributed by atoms with van der Waals surface area (Å²) in [5.41, 5.74) is 6.45. The lowest BCUT2D eigenvalue weighted by Gasteiger charge is -2.25. The van der Waals surface area contributed by atoms with Crippen molar-refractivity contribution < 1.29 is 0 Å². The van der Waals surface area contributed by atoms with Crippen LogP contribution in [0.2, 0.25) is 5.02 Å². The number of hydrogen-bond donors (Lipinski definition) is 1. The van der Waals surface area contributed by atoms with Gasteiger partial charge in [0, 0.05) is 17.2 Å². The van der Waals surface area contributed by atoms with E-state index in [-0.39, 0.29) is 0 Å². The van der Waals surface area contributed by atoms with Gasteiger partial charge in [0.15, 0.2) is 0 Å². The Hall–Kier alpha value is -2.78. The highest BCUT2D eigenvalue weighted by molar-refractivity contribution is 6.33. The van der Waals surface area contributed by atoms with Crippen molar-refractivity contribution >= 4 is 23.1 Å². The van der Waals surface area contributed by atoms with Crippen LogP contribution >= 0.6 is 11.6 Å². The van der Waals surface area contributed by atoms with E-state index in [0.717, 1.165) is 33.4 Å². The fourth-order valence-corrected chi connectivity index (χ4v) is 4.80. The van der Waals surface area contributed by atoms with Gasteiger partial charge in [-0.1, -0.05) is 79.4 Å². The quantitative estimate of drug-likeness (QED) is 0.376. The summed E-state index contributed by atoms with van der Waals surface area (Å²) >= 11 is 6.61. The molecule has 4 heteroatoms. The summed E-state index contributed by atoms with van der Waals surface area (Å²) in [4.78, 5) is 5.04. The zero-order valence-electron chi connectivity index (χ0n) is 17.2. The van der Waals surface area contributed by atoms with E-state index in [4.69, 9.17) is 16.6 Å². The first kappa shape index (κ1) is 19.2. The Morgan fingerprint density at radius 2 is 1.60 bits per heavy atom. The van der Waals surface area contributed by atoms with Gasteiger partial charge in [0.1, 0.15) is 17.2 Å². The lowest BCUT2D eigenvalue weighted by molar-refractivity contribution is 0.462. The van der Waals surface area contributed by atoms with Gasteiger partial charge in [0.05, 0.1) is 10.7 Å². The van der Waals surface area contributed by atoms with Crippen LogP contribution in [0.15, 0.2) is 66.7 Å². The Bertz CT molecular complexity index is 1190. The van der Waals surface area contributed by atoms with Crippen molar-refractivity contribution in [3.8, 4) is 22.5 Å². The number of aryl methyl sites for hydroxylation is 1. The number of halogens is 1. The second-order valence-corrected chi connectivity index (χ2v) is 8.59. The molecule has 0 aliphatic heterocycles. The molecule has 1 aliphatic rings. The zero-order valence-corrected chi connectivity index (χ0v) is 18.0. The van der Waals surface area contributed by atoms with E-state index in [2.05, 4.69) is 65.2 Å². The van der Waals surface area contributed by atoms with E-state index in [1.807, 2.05) is 18.2 Å². The molecule has 0 bridgehead atoms. The number of imidazole rings is 1. The fraction of sp³-hybridized carbons (Fsp3) is 0.269. The first-order valence-electron chi connectivity index (χ1n) is 10.8. The van der Waals surface area contributed by atoms with Gasteiger partial charge in [0.25, 0.3) is 0 Å². The van der Waals surface area contributed by atoms with E-state index in [0.29, 0.717) is 6.04 Å². The van der Waals surface area contributed by atoms with Crippen LogP contribution in [0.5, 0.6) is 0 Å². The van der Waals surface area contributed by atoms with Gasteiger partial charge in [-0.05, 0) is 43.5 Å². The number of benzene rings is 2. The highest BCUT2D eigenvalue weighted by Crippen LogP contribution is 2.38. The third-order valence-corrected chi connectivity index (χ3v) is 6.47. The predicted octanol–water partition coefficient (Wildman–Crippen LogP) is 7.37. The van der Waals surface area contributed by atoms with Gasteiger partial charge in [-0.25, -0.2) is 4.98 Å². The van der Waals surface area contributed by atoms with Crippen LogP contribution in [0.3, 0.4) is 0 Å². The monoisotopic (exact) mass is 415 g/mol. The molecule has 0 amide bonds. The molecule has 0 saturated heterocycles. The third-order valence-electron chi connectivity index (χ3n) is 6.14. The molecule has 0 unspecified atom stereocenters. The number of rotatable bonds is 4. The standard InChI is InChI=1S/C26H26ClN3/c1-18-10-5-6-13-20(18)23-16-9-17-24-29-25(21-14-7-8-15-22(21)27)26(30(23)24)28-19-11-3-2-4-12-19/h5-10,13-17,19,28H,2-4,11-12H2,1H3. The molecule has 5 rings (SSSR count). The van der Waals surface area contributed by atoms with E-state index in [1.54, 1.807) is 0 Å². The predicted molar refractivity (Wildman–Crippen MR) is 126 cm³/mol. The summed E-state index contributed by atoms with van der Waals surface area (Å²) < 4.78 is 2.27. The summed E-state index contributed by atoms with van der Waals surface area (Å²) in [6, 6.07) is 23.3. The first-order chi connectivity index (χ1) is 14.7. The molecule has 4 aromatic rings. The average Bonchev–Trinajstić information content (AvgIpc) is 3.13. The molecular weight excluding hydrogens is 390 g/mol. The van der Waals surface area contributed by atoms with Crippen molar-refractivity contribution in [3.63, 3.8) is 0 Å². The maximum absolute atomic E-state index is 6.61. The topological polar surface area (TPSA) is 29.3 Å². The molecule has 1 N–H and O–H groups in total. The van der Waals surface area contributed by atoms with Crippen LogP contribution in [-0.4, -0.2) is 15.4 Å². The molecular formula is C26H26ClN3. The highest BCUT2D eigenvalue weighted by atomic mass is 35.5. The molecule has 0 radical (unpaired) electrons. The van der Waals surface area contributed by atoms with Crippen molar-refractivity contribution in [2.24, 2.45) is 0 Å². The lowest BCUT2D eigenvalue weighted by Crippen LogP contribution is -2.23. The first-order valence-corrected chi connectivity index (χ1v) is 11.2. The van der Waals surface area contributed by atoms with Gasteiger partial charge in [-0.15, -0.1) is 0 Å². The van der Waals surface area contributed by atoms with E-state index >= 15 is 0 Å². The Kier molecular flexibility index (Phi) is 5.22. The molecule has 152 valence electrons.